The molecule has 1 amide bonds. The number of carbonyl (C=O) groups excluding carboxylic acids is 1. The highest BCUT2D eigenvalue weighted by Crippen LogP contribution is 2.51. The molecule has 0 radical (unpaired) electrons. The molecule has 210 valence electrons. The van der Waals surface area contributed by atoms with Gasteiger partial charge in [-0.2, -0.15) is 13.2 Å². The van der Waals surface area contributed by atoms with Gasteiger partial charge in [0.2, 0.25) is 5.67 Å². The number of aromatic carboxylic acids is 1. The fourth-order valence-corrected chi connectivity index (χ4v) is 6.42. The Labute approximate surface area is 232 Å². The van der Waals surface area contributed by atoms with Gasteiger partial charge >= 0.3 is 12.1 Å². The third-order valence-electron chi connectivity index (χ3n) is 8.35. The number of carboxylic acids is 1. The Morgan fingerprint density at radius 2 is 1.75 bits per heavy atom. The van der Waals surface area contributed by atoms with Crippen LogP contribution in [0.25, 0.3) is 0 Å². The predicted octanol–water partition coefficient (Wildman–Crippen LogP) is 7.27. The number of nitrogens with zero attached hydrogens (tertiary/aromatic N) is 1. The number of aryl methyl sites for hydroxylation is 1. The summed E-state index contributed by atoms with van der Waals surface area (Å²) in [6, 6.07) is 13.5. The molecular weight excluding hydrogens is 553 g/mol. The van der Waals surface area contributed by atoms with Crippen LogP contribution in [0.2, 0.25) is 5.02 Å². The molecule has 10 heteroatoms. The molecule has 1 aliphatic carbocycles. The van der Waals surface area contributed by atoms with E-state index in [2.05, 4.69) is 0 Å². The van der Waals surface area contributed by atoms with Crippen LogP contribution in [0.3, 0.4) is 0 Å². The van der Waals surface area contributed by atoms with Gasteiger partial charge in [-0.25, -0.2) is 13.6 Å². The molecule has 1 saturated heterocycles. The molecule has 3 aromatic carbocycles. The van der Waals surface area contributed by atoms with Crippen molar-refractivity contribution in [3.63, 3.8) is 0 Å². The summed E-state index contributed by atoms with van der Waals surface area (Å²) in [6.45, 7) is 0.808. The number of rotatable bonds is 5. The van der Waals surface area contributed by atoms with Crippen molar-refractivity contribution >= 4 is 23.5 Å². The summed E-state index contributed by atoms with van der Waals surface area (Å²) in [4.78, 5) is 27.0. The van der Waals surface area contributed by atoms with E-state index in [0.29, 0.717) is 44.7 Å². The third-order valence-corrected chi connectivity index (χ3v) is 8.68. The Morgan fingerprint density at radius 1 is 1.05 bits per heavy atom. The van der Waals surface area contributed by atoms with Gasteiger partial charge in [0.05, 0.1) is 10.6 Å². The Balaban J connectivity index is 1.58. The van der Waals surface area contributed by atoms with Crippen LogP contribution in [0.4, 0.5) is 22.0 Å². The van der Waals surface area contributed by atoms with Gasteiger partial charge in [0.25, 0.3) is 5.91 Å². The molecule has 0 aromatic heterocycles. The van der Waals surface area contributed by atoms with Crippen molar-refractivity contribution < 1.29 is 36.6 Å². The first-order chi connectivity index (χ1) is 18.7. The van der Waals surface area contributed by atoms with E-state index in [9.17, 15) is 36.6 Å². The van der Waals surface area contributed by atoms with Gasteiger partial charge in [-0.3, -0.25) is 4.79 Å². The molecule has 0 spiro atoms. The second kappa shape index (κ2) is 9.87. The molecule has 2 aliphatic rings. The SMILES string of the molecule is CC(F)(c1ccc2c(c1)CC[C@H]1N(C(=O)c3ccc(Cl)c(C(=O)O)c3)CC[C@@]21Cc1ccc(F)cc1)C(F)(F)F. The van der Waals surface area contributed by atoms with Crippen LogP contribution in [0.15, 0.2) is 60.7 Å². The van der Waals surface area contributed by atoms with Crippen molar-refractivity contribution in [2.75, 3.05) is 6.54 Å². The van der Waals surface area contributed by atoms with Crippen molar-refractivity contribution in [2.24, 2.45) is 0 Å². The third kappa shape index (κ3) is 4.64. The Kier molecular flexibility index (Phi) is 6.93. The number of alkyl halides is 4. The van der Waals surface area contributed by atoms with Crippen molar-refractivity contribution in [1.29, 1.82) is 0 Å². The lowest BCUT2D eigenvalue weighted by Crippen LogP contribution is -2.49. The van der Waals surface area contributed by atoms with Gasteiger partial charge in [0.1, 0.15) is 5.82 Å². The number of amides is 1. The Bertz CT molecular complexity index is 1490. The standard InChI is InChI=1S/C30H25ClF5NO3/c1-28(33,30(34,35)36)20-6-9-23-18(14-20)5-11-25-29(23,16-17-2-7-21(32)8-3-17)12-13-37(25)26(38)19-4-10-24(31)22(15-19)27(39)40/h2-4,6-10,14-15,25H,5,11-13,16H2,1H3,(H,39,40)/t25-,28?,29-/m1/s1. The van der Waals surface area contributed by atoms with E-state index in [1.54, 1.807) is 17.0 Å². The maximum Gasteiger partial charge on any atom is 0.426 e. The minimum Gasteiger partial charge on any atom is -0.478 e. The van der Waals surface area contributed by atoms with E-state index in [1.165, 1.54) is 42.5 Å². The first-order valence-electron chi connectivity index (χ1n) is 12.7. The fourth-order valence-electron chi connectivity index (χ4n) is 6.22. The zero-order chi connectivity index (χ0) is 29.0. The maximum absolute atomic E-state index is 14.9. The van der Waals surface area contributed by atoms with Crippen molar-refractivity contribution in [2.45, 2.75) is 55.9 Å². The second-order valence-electron chi connectivity index (χ2n) is 10.6. The molecule has 1 heterocycles. The number of carbonyl (C=O) groups is 2. The van der Waals surface area contributed by atoms with E-state index in [-0.39, 0.29) is 22.2 Å². The minimum absolute atomic E-state index is 0.00255. The summed E-state index contributed by atoms with van der Waals surface area (Å²) in [5.41, 5.74) is -2.71. The summed E-state index contributed by atoms with van der Waals surface area (Å²) >= 11 is 5.99. The molecule has 3 aromatic rings. The summed E-state index contributed by atoms with van der Waals surface area (Å²) in [5.74, 6) is -2.08. The van der Waals surface area contributed by atoms with E-state index in [0.717, 1.165) is 17.2 Å². The number of carboxylic acid groups (broad SMARTS) is 1. The molecule has 1 N–H and O–H groups in total. The topological polar surface area (TPSA) is 57.6 Å². The molecular formula is C30H25ClF5NO3. The molecule has 0 saturated carbocycles. The molecule has 1 aliphatic heterocycles. The number of likely N-dealkylation sites (tertiary alicyclic amines) is 1. The van der Waals surface area contributed by atoms with Gasteiger partial charge in [-0.1, -0.05) is 41.9 Å². The Morgan fingerprint density at radius 3 is 2.40 bits per heavy atom. The number of hydrogen-bond acceptors (Lipinski definition) is 2. The lowest BCUT2D eigenvalue weighted by atomic mass is 9.63. The largest absolute Gasteiger partial charge is 0.478 e. The van der Waals surface area contributed by atoms with Gasteiger partial charge in [0, 0.05) is 23.6 Å². The molecule has 40 heavy (non-hydrogen) atoms. The van der Waals surface area contributed by atoms with Gasteiger partial charge < -0.3 is 10.0 Å². The van der Waals surface area contributed by atoms with Crippen molar-refractivity contribution in [3.05, 3.63) is 105 Å². The highest BCUT2D eigenvalue weighted by atomic mass is 35.5. The molecule has 5 rings (SSSR count). The van der Waals surface area contributed by atoms with Crippen LogP contribution in [0.1, 0.15) is 62.7 Å². The lowest BCUT2D eigenvalue weighted by molar-refractivity contribution is -0.228. The monoisotopic (exact) mass is 577 g/mol. The smallest absolute Gasteiger partial charge is 0.426 e. The van der Waals surface area contributed by atoms with Crippen molar-refractivity contribution in [3.8, 4) is 0 Å². The Hall–Kier alpha value is -3.46. The second-order valence-corrected chi connectivity index (χ2v) is 11.0. The lowest BCUT2D eigenvalue weighted by Gasteiger charge is -2.44. The van der Waals surface area contributed by atoms with Crippen LogP contribution in [-0.4, -0.2) is 40.6 Å². The zero-order valence-electron chi connectivity index (χ0n) is 21.4. The summed E-state index contributed by atoms with van der Waals surface area (Å²) in [7, 11) is 0. The fraction of sp³-hybridized carbons (Fsp3) is 0.333. The quantitative estimate of drug-likeness (QED) is 0.325. The molecule has 4 nitrogen and oxygen atoms in total. The van der Waals surface area contributed by atoms with Gasteiger partial charge in [-0.05, 0) is 85.2 Å². The van der Waals surface area contributed by atoms with E-state index >= 15 is 0 Å². The summed E-state index contributed by atoms with van der Waals surface area (Å²) < 4.78 is 68.9. The average Bonchev–Trinajstić information content (AvgIpc) is 3.28. The van der Waals surface area contributed by atoms with E-state index < -0.39 is 40.5 Å². The van der Waals surface area contributed by atoms with Crippen LogP contribution in [0, 0.1) is 5.82 Å². The molecule has 1 unspecified atom stereocenters. The van der Waals surface area contributed by atoms with Gasteiger partial charge in [-0.15, -0.1) is 0 Å². The number of benzene rings is 3. The zero-order valence-corrected chi connectivity index (χ0v) is 22.1. The van der Waals surface area contributed by atoms with Crippen LogP contribution in [-0.2, 0) is 23.9 Å². The number of fused-ring (bicyclic) bond motifs is 3. The van der Waals surface area contributed by atoms with E-state index in [1.807, 2.05) is 0 Å². The summed E-state index contributed by atoms with van der Waals surface area (Å²) in [5, 5.41) is 9.45. The van der Waals surface area contributed by atoms with Crippen molar-refractivity contribution in [1.82, 2.24) is 4.90 Å². The normalized spacial score (nSPS) is 21.9. The number of halogens is 6. The molecule has 0 bridgehead atoms. The maximum atomic E-state index is 14.9. The van der Waals surface area contributed by atoms with Gasteiger partial charge in [0.15, 0.2) is 0 Å². The van der Waals surface area contributed by atoms with E-state index in [4.69, 9.17) is 11.6 Å². The first-order valence-corrected chi connectivity index (χ1v) is 13.1. The average molecular weight is 578 g/mol. The van der Waals surface area contributed by atoms with Crippen LogP contribution < -0.4 is 0 Å². The number of hydrogen-bond donors (Lipinski definition) is 1. The molecule has 1 fully saturated rings. The minimum atomic E-state index is -5.09. The van der Waals surface area contributed by atoms with Crippen LogP contribution >= 0.6 is 11.6 Å². The highest BCUT2D eigenvalue weighted by Gasteiger charge is 2.55. The molecule has 3 atom stereocenters. The highest BCUT2D eigenvalue weighted by molar-refractivity contribution is 6.33. The predicted molar refractivity (Wildman–Crippen MR) is 139 cm³/mol. The first kappa shape index (κ1) is 28.1. The van der Waals surface area contributed by atoms with Crippen LogP contribution in [0.5, 0.6) is 0 Å². The summed E-state index contributed by atoms with van der Waals surface area (Å²) in [6.07, 6.45) is -3.54.